The number of hydrogen-bond acceptors (Lipinski definition) is 4. The van der Waals surface area contributed by atoms with Gasteiger partial charge in [0.25, 0.3) is 0 Å². The average Bonchev–Trinajstić information content (AvgIpc) is 3.01. The second kappa shape index (κ2) is 5.83. The zero-order chi connectivity index (χ0) is 16.6. The number of anilines is 1. The van der Waals surface area contributed by atoms with Crippen molar-refractivity contribution in [3.63, 3.8) is 0 Å². The van der Waals surface area contributed by atoms with Crippen LogP contribution in [0.15, 0.2) is 18.5 Å². The van der Waals surface area contributed by atoms with Crippen molar-refractivity contribution in [2.75, 3.05) is 25.5 Å². The van der Waals surface area contributed by atoms with Gasteiger partial charge in [-0.3, -0.25) is 4.79 Å². The topological polar surface area (TPSA) is 62.5 Å². The number of fused-ring (bicyclic) bond motifs is 1. The molecular weight excluding hydrogens is 290 g/mol. The maximum absolute atomic E-state index is 12.6. The number of likely N-dealkylation sites (tertiary alicyclic amines) is 1. The Morgan fingerprint density at radius 3 is 2.87 bits per heavy atom. The van der Waals surface area contributed by atoms with Crippen LogP contribution in [0.1, 0.15) is 45.2 Å². The molecule has 1 atom stereocenters. The Labute approximate surface area is 136 Å². The van der Waals surface area contributed by atoms with Gasteiger partial charge in [0.2, 0.25) is 5.91 Å². The lowest BCUT2D eigenvalue weighted by molar-refractivity contribution is -0.140. The minimum Gasteiger partial charge on any atom is -0.371 e. The maximum atomic E-state index is 12.6. The molecule has 1 saturated heterocycles. The van der Waals surface area contributed by atoms with Crippen LogP contribution in [-0.4, -0.2) is 45.5 Å². The third-order valence-electron chi connectivity index (χ3n) is 4.41. The van der Waals surface area contributed by atoms with Gasteiger partial charge in [0.15, 0.2) is 5.82 Å². The van der Waals surface area contributed by atoms with E-state index in [4.69, 9.17) is 4.98 Å². The highest BCUT2D eigenvalue weighted by Gasteiger charge is 2.32. The van der Waals surface area contributed by atoms with Crippen molar-refractivity contribution in [1.82, 2.24) is 19.5 Å². The van der Waals surface area contributed by atoms with Crippen molar-refractivity contribution >= 4 is 17.2 Å². The highest BCUT2D eigenvalue weighted by atomic mass is 16.2. The fourth-order valence-electron chi connectivity index (χ4n) is 3.20. The van der Waals surface area contributed by atoms with Crippen LogP contribution in [-0.2, 0) is 4.79 Å². The molecule has 124 valence electrons. The van der Waals surface area contributed by atoms with Crippen molar-refractivity contribution in [2.45, 2.75) is 39.5 Å². The number of nitrogens with one attached hydrogen (secondary N) is 1. The van der Waals surface area contributed by atoms with Crippen LogP contribution in [0.25, 0.3) is 5.52 Å². The number of rotatable bonds is 2. The van der Waals surface area contributed by atoms with E-state index in [0.29, 0.717) is 0 Å². The van der Waals surface area contributed by atoms with Crippen molar-refractivity contribution in [3.8, 4) is 0 Å². The quantitative estimate of drug-likeness (QED) is 0.925. The Morgan fingerprint density at radius 1 is 1.39 bits per heavy atom. The van der Waals surface area contributed by atoms with Crippen molar-refractivity contribution in [2.24, 2.45) is 5.41 Å². The molecule has 3 rings (SSSR count). The van der Waals surface area contributed by atoms with E-state index in [0.717, 1.165) is 43.0 Å². The van der Waals surface area contributed by atoms with E-state index in [1.54, 1.807) is 6.20 Å². The Balaban J connectivity index is 1.88. The van der Waals surface area contributed by atoms with E-state index in [2.05, 4.69) is 10.4 Å². The van der Waals surface area contributed by atoms with E-state index in [9.17, 15) is 4.79 Å². The van der Waals surface area contributed by atoms with Gasteiger partial charge in [-0.05, 0) is 18.9 Å². The molecule has 3 heterocycles. The fraction of sp³-hybridized carbons (Fsp3) is 0.588. The average molecular weight is 315 g/mol. The predicted molar refractivity (Wildman–Crippen MR) is 90.5 cm³/mol. The lowest BCUT2D eigenvalue weighted by atomic mass is 9.90. The van der Waals surface area contributed by atoms with Crippen LogP contribution in [0.5, 0.6) is 0 Å². The normalized spacial score (nSPS) is 19.1. The van der Waals surface area contributed by atoms with Gasteiger partial charge < -0.3 is 10.2 Å². The van der Waals surface area contributed by atoms with Crippen LogP contribution in [0.2, 0.25) is 0 Å². The summed E-state index contributed by atoms with van der Waals surface area (Å²) in [6.45, 7) is 7.51. The maximum Gasteiger partial charge on any atom is 0.227 e. The molecule has 0 aliphatic carbocycles. The molecular formula is C17H25N5O. The van der Waals surface area contributed by atoms with Gasteiger partial charge in [-0.2, -0.15) is 5.10 Å². The summed E-state index contributed by atoms with van der Waals surface area (Å²) in [5.74, 6) is 1.31. The van der Waals surface area contributed by atoms with Crippen LogP contribution in [0, 0.1) is 5.41 Å². The van der Waals surface area contributed by atoms with Gasteiger partial charge in [0.05, 0.1) is 18.1 Å². The third kappa shape index (κ3) is 3.02. The van der Waals surface area contributed by atoms with E-state index in [1.165, 1.54) is 0 Å². The third-order valence-corrected chi connectivity index (χ3v) is 4.41. The van der Waals surface area contributed by atoms with E-state index in [1.807, 2.05) is 49.5 Å². The first kappa shape index (κ1) is 15.8. The molecule has 1 aliphatic heterocycles. The first-order chi connectivity index (χ1) is 10.9. The fourth-order valence-corrected chi connectivity index (χ4v) is 3.20. The molecule has 0 spiro atoms. The molecule has 6 heteroatoms. The summed E-state index contributed by atoms with van der Waals surface area (Å²) in [5, 5.41) is 7.47. The predicted octanol–water partition coefficient (Wildman–Crippen LogP) is 2.52. The van der Waals surface area contributed by atoms with Crippen molar-refractivity contribution in [1.29, 1.82) is 0 Å². The molecule has 1 aliphatic rings. The van der Waals surface area contributed by atoms with Gasteiger partial charge in [-0.15, -0.1) is 0 Å². The van der Waals surface area contributed by atoms with Gasteiger partial charge >= 0.3 is 0 Å². The molecule has 2 aromatic rings. The second-order valence-corrected chi connectivity index (χ2v) is 7.27. The zero-order valence-electron chi connectivity index (χ0n) is 14.3. The summed E-state index contributed by atoms with van der Waals surface area (Å²) in [5.41, 5.74) is 1.63. The number of carbonyl (C=O) groups is 1. The van der Waals surface area contributed by atoms with Crippen LogP contribution in [0.3, 0.4) is 0 Å². The number of hydrogen-bond donors (Lipinski definition) is 1. The van der Waals surface area contributed by atoms with Crippen molar-refractivity contribution < 1.29 is 4.79 Å². The lowest BCUT2D eigenvalue weighted by Crippen LogP contribution is -2.44. The summed E-state index contributed by atoms with van der Waals surface area (Å²) in [6.07, 6.45) is 5.83. The highest BCUT2D eigenvalue weighted by Crippen LogP contribution is 2.30. The number of carbonyl (C=O) groups excluding carboxylic acids is 1. The molecule has 1 amide bonds. The number of nitrogens with zero attached hydrogens (tertiary/aromatic N) is 4. The molecule has 0 aromatic carbocycles. The summed E-state index contributed by atoms with van der Waals surface area (Å²) >= 11 is 0. The molecule has 2 aromatic heterocycles. The van der Waals surface area contributed by atoms with Gasteiger partial charge in [0.1, 0.15) is 5.52 Å². The Morgan fingerprint density at radius 2 is 2.17 bits per heavy atom. The zero-order valence-corrected chi connectivity index (χ0v) is 14.3. The van der Waals surface area contributed by atoms with E-state index in [-0.39, 0.29) is 17.2 Å². The number of piperidine rings is 1. The molecule has 6 nitrogen and oxygen atoms in total. The smallest absolute Gasteiger partial charge is 0.227 e. The second-order valence-electron chi connectivity index (χ2n) is 7.27. The molecule has 1 N–H and O–H groups in total. The minimum absolute atomic E-state index is 0.219. The molecule has 1 unspecified atom stereocenters. The summed E-state index contributed by atoms with van der Waals surface area (Å²) < 4.78 is 1.86. The first-order valence-corrected chi connectivity index (χ1v) is 8.21. The standard InChI is InChI=1S/C17H25N5O/c1-17(2,3)16(23)21-9-5-6-12(10-21)13-11-22-14(7-8-19-22)15(18-4)20-13/h7-8,11-12H,5-6,9-10H2,1-4H3,(H,18,20). The van der Waals surface area contributed by atoms with Gasteiger partial charge in [-0.25, -0.2) is 9.50 Å². The van der Waals surface area contributed by atoms with Crippen LogP contribution in [0.4, 0.5) is 5.82 Å². The van der Waals surface area contributed by atoms with E-state index >= 15 is 0 Å². The summed E-state index contributed by atoms with van der Waals surface area (Å²) in [4.78, 5) is 19.3. The molecule has 1 fully saturated rings. The van der Waals surface area contributed by atoms with Gasteiger partial charge in [-0.1, -0.05) is 20.8 Å². The first-order valence-electron chi connectivity index (χ1n) is 8.21. The van der Waals surface area contributed by atoms with Gasteiger partial charge in [0, 0.05) is 31.5 Å². The monoisotopic (exact) mass is 315 g/mol. The number of amides is 1. The molecule has 0 saturated carbocycles. The van der Waals surface area contributed by atoms with Crippen LogP contribution < -0.4 is 5.32 Å². The van der Waals surface area contributed by atoms with E-state index < -0.39 is 0 Å². The Hall–Kier alpha value is -2.11. The molecule has 0 radical (unpaired) electrons. The summed E-state index contributed by atoms with van der Waals surface area (Å²) in [7, 11) is 1.87. The summed E-state index contributed by atoms with van der Waals surface area (Å²) in [6, 6.07) is 1.94. The SMILES string of the molecule is CNc1nc(C2CCCN(C(=O)C(C)(C)C)C2)cn2nccc12. The van der Waals surface area contributed by atoms with Crippen molar-refractivity contribution in [3.05, 3.63) is 24.2 Å². The minimum atomic E-state index is -0.336. The molecule has 23 heavy (non-hydrogen) atoms. The Bertz CT molecular complexity index is 715. The Kier molecular flexibility index (Phi) is 4.00. The van der Waals surface area contributed by atoms with Crippen LogP contribution >= 0.6 is 0 Å². The highest BCUT2D eigenvalue weighted by molar-refractivity contribution is 5.81. The lowest BCUT2D eigenvalue weighted by Gasteiger charge is -2.36. The number of aromatic nitrogens is 3. The largest absolute Gasteiger partial charge is 0.371 e. The molecule has 0 bridgehead atoms.